The Morgan fingerprint density at radius 2 is 1.33 bits per heavy atom. The molecule has 30 heavy (non-hydrogen) atoms. The molecule has 1 aliphatic rings. The molecule has 6 heteroatoms. The van der Waals surface area contributed by atoms with E-state index in [1.165, 1.54) is 0 Å². The summed E-state index contributed by atoms with van der Waals surface area (Å²) in [6.07, 6.45) is 0.741. The Balaban J connectivity index is 1.49. The van der Waals surface area contributed by atoms with Gasteiger partial charge in [0.15, 0.2) is 13.2 Å². The van der Waals surface area contributed by atoms with Crippen LogP contribution < -0.4 is 9.47 Å². The first kappa shape index (κ1) is 21.7. The van der Waals surface area contributed by atoms with Crippen molar-refractivity contribution >= 4 is 11.8 Å². The molecule has 2 aromatic carbocycles. The van der Waals surface area contributed by atoms with E-state index >= 15 is 0 Å². The van der Waals surface area contributed by atoms with Crippen molar-refractivity contribution in [3.63, 3.8) is 0 Å². The molecule has 0 saturated carbocycles. The Labute approximate surface area is 178 Å². The number of aryl methyl sites for hydroxylation is 2. The molecule has 2 amide bonds. The van der Waals surface area contributed by atoms with Crippen LogP contribution in [0.25, 0.3) is 0 Å². The normalized spacial score (nSPS) is 14.2. The molecule has 0 bridgehead atoms. The number of carbonyl (C=O) groups is 2. The average Bonchev–Trinajstić information content (AvgIpc) is 3.02. The molecule has 160 valence electrons. The Bertz CT molecular complexity index is 882. The number of rotatable bonds is 6. The minimum atomic E-state index is -0.0598. The van der Waals surface area contributed by atoms with Crippen LogP contribution >= 0.6 is 0 Å². The first-order chi connectivity index (χ1) is 14.5. The van der Waals surface area contributed by atoms with Crippen molar-refractivity contribution in [3.8, 4) is 11.5 Å². The maximum absolute atomic E-state index is 12.7. The van der Waals surface area contributed by atoms with Gasteiger partial charge in [-0.05, 0) is 56.0 Å². The molecule has 3 rings (SSSR count). The van der Waals surface area contributed by atoms with E-state index in [0.29, 0.717) is 31.9 Å². The van der Waals surface area contributed by atoms with Gasteiger partial charge >= 0.3 is 0 Å². The quantitative estimate of drug-likeness (QED) is 0.734. The SMILES string of the molecule is Cc1ccc(C)c(OCC(=O)N2CCCN(C(=O)COc3ccccc3)CC2)c1C. The van der Waals surface area contributed by atoms with E-state index in [-0.39, 0.29) is 25.0 Å². The van der Waals surface area contributed by atoms with Gasteiger partial charge in [0.1, 0.15) is 11.5 Å². The zero-order valence-corrected chi connectivity index (χ0v) is 18.0. The summed E-state index contributed by atoms with van der Waals surface area (Å²) in [6.45, 7) is 8.30. The molecule has 1 aliphatic heterocycles. The molecule has 6 nitrogen and oxygen atoms in total. The lowest BCUT2D eigenvalue weighted by Crippen LogP contribution is -2.40. The van der Waals surface area contributed by atoms with Gasteiger partial charge in [-0.1, -0.05) is 30.3 Å². The topological polar surface area (TPSA) is 59.1 Å². The summed E-state index contributed by atoms with van der Waals surface area (Å²) in [6, 6.07) is 13.4. The summed E-state index contributed by atoms with van der Waals surface area (Å²) < 4.78 is 11.4. The van der Waals surface area contributed by atoms with Gasteiger partial charge in [-0.25, -0.2) is 0 Å². The van der Waals surface area contributed by atoms with E-state index < -0.39 is 0 Å². The predicted molar refractivity (Wildman–Crippen MR) is 116 cm³/mol. The summed E-state index contributed by atoms with van der Waals surface area (Å²) in [7, 11) is 0. The highest BCUT2D eigenvalue weighted by Gasteiger charge is 2.23. The fourth-order valence-electron chi connectivity index (χ4n) is 3.54. The standard InChI is InChI=1S/C24H30N2O4/c1-18-10-11-19(2)24(20(18)3)30-17-23(28)26-13-7-12-25(14-15-26)22(27)16-29-21-8-5-4-6-9-21/h4-6,8-11H,7,12-17H2,1-3H3. The van der Waals surface area contributed by atoms with Crippen LogP contribution in [0.15, 0.2) is 42.5 Å². The van der Waals surface area contributed by atoms with Crippen molar-refractivity contribution < 1.29 is 19.1 Å². The third-order valence-corrected chi connectivity index (χ3v) is 5.52. The second-order valence-corrected chi connectivity index (χ2v) is 7.66. The fourth-order valence-corrected chi connectivity index (χ4v) is 3.54. The van der Waals surface area contributed by atoms with Crippen LogP contribution in [0, 0.1) is 20.8 Å². The van der Waals surface area contributed by atoms with Crippen LogP contribution in [0.1, 0.15) is 23.1 Å². The number of hydrogen-bond donors (Lipinski definition) is 0. The molecular weight excluding hydrogens is 380 g/mol. The van der Waals surface area contributed by atoms with E-state index in [4.69, 9.17) is 9.47 Å². The molecule has 0 radical (unpaired) electrons. The number of nitrogens with zero attached hydrogens (tertiary/aromatic N) is 2. The molecule has 0 unspecified atom stereocenters. The Morgan fingerprint density at radius 3 is 1.97 bits per heavy atom. The molecule has 0 N–H and O–H groups in total. The lowest BCUT2D eigenvalue weighted by Gasteiger charge is -2.23. The van der Waals surface area contributed by atoms with Crippen LogP contribution in [0.2, 0.25) is 0 Å². The van der Waals surface area contributed by atoms with Gasteiger partial charge in [0.25, 0.3) is 11.8 Å². The fraction of sp³-hybridized carbons (Fsp3) is 0.417. The molecule has 0 aliphatic carbocycles. The Kier molecular flexibility index (Phi) is 7.33. The van der Waals surface area contributed by atoms with E-state index in [1.54, 1.807) is 9.80 Å². The molecule has 1 saturated heterocycles. The number of amides is 2. The van der Waals surface area contributed by atoms with E-state index in [9.17, 15) is 9.59 Å². The van der Waals surface area contributed by atoms with Crippen LogP contribution in [0.4, 0.5) is 0 Å². The van der Waals surface area contributed by atoms with Crippen molar-refractivity contribution in [3.05, 3.63) is 59.2 Å². The molecule has 0 spiro atoms. The van der Waals surface area contributed by atoms with Gasteiger partial charge < -0.3 is 19.3 Å². The maximum atomic E-state index is 12.7. The smallest absolute Gasteiger partial charge is 0.260 e. The highest BCUT2D eigenvalue weighted by Crippen LogP contribution is 2.25. The predicted octanol–water partition coefficient (Wildman–Crippen LogP) is 3.13. The van der Waals surface area contributed by atoms with Crippen LogP contribution in [-0.2, 0) is 9.59 Å². The van der Waals surface area contributed by atoms with E-state index in [1.807, 2.05) is 57.2 Å². The molecule has 2 aromatic rings. The van der Waals surface area contributed by atoms with Gasteiger partial charge in [-0.3, -0.25) is 9.59 Å². The third kappa shape index (κ3) is 5.53. The lowest BCUT2D eigenvalue weighted by molar-refractivity contribution is -0.135. The Morgan fingerprint density at radius 1 is 0.767 bits per heavy atom. The zero-order chi connectivity index (χ0) is 21.5. The molecule has 1 fully saturated rings. The average molecular weight is 411 g/mol. The second kappa shape index (κ2) is 10.1. The van der Waals surface area contributed by atoms with Crippen molar-refractivity contribution in [2.24, 2.45) is 0 Å². The molecule has 1 heterocycles. The number of ether oxygens (including phenoxy) is 2. The highest BCUT2D eigenvalue weighted by molar-refractivity contribution is 5.79. The summed E-state index contributed by atoms with van der Waals surface area (Å²) in [5, 5.41) is 0. The number of hydrogen-bond acceptors (Lipinski definition) is 4. The largest absolute Gasteiger partial charge is 0.484 e. The first-order valence-electron chi connectivity index (χ1n) is 10.4. The minimum absolute atomic E-state index is 0.00693. The third-order valence-electron chi connectivity index (χ3n) is 5.52. The van der Waals surface area contributed by atoms with E-state index in [2.05, 4.69) is 6.07 Å². The zero-order valence-electron chi connectivity index (χ0n) is 18.0. The summed E-state index contributed by atoms with van der Waals surface area (Å²) in [5.74, 6) is 1.35. The molecule has 0 atom stereocenters. The van der Waals surface area contributed by atoms with Crippen molar-refractivity contribution in [2.75, 3.05) is 39.4 Å². The van der Waals surface area contributed by atoms with Gasteiger partial charge in [-0.15, -0.1) is 0 Å². The van der Waals surface area contributed by atoms with Crippen molar-refractivity contribution in [1.82, 2.24) is 9.80 Å². The van der Waals surface area contributed by atoms with Gasteiger partial charge in [-0.2, -0.15) is 0 Å². The first-order valence-corrected chi connectivity index (χ1v) is 10.4. The van der Waals surface area contributed by atoms with Crippen molar-refractivity contribution in [2.45, 2.75) is 27.2 Å². The Hall–Kier alpha value is -3.02. The highest BCUT2D eigenvalue weighted by atomic mass is 16.5. The summed E-state index contributed by atoms with van der Waals surface area (Å²) in [4.78, 5) is 28.7. The van der Waals surface area contributed by atoms with E-state index in [0.717, 1.165) is 28.9 Å². The summed E-state index contributed by atoms with van der Waals surface area (Å²) in [5.41, 5.74) is 3.23. The molecular formula is C24H30N2O4. The van der Waals surface area contributed by atoms with Gasteiger partial charge in [0.2, 0.25) is 0 Å². The number of para-hydroxylation sites is 1. The second-order valence-electron chi connectivity index (χ2n) is 7.66. The van der Waals surface area contributed by atoms with Crippen LogP contribution in [-0.4, -0.2) is 61.0 Å². The maximum Gasteiger partial charge on any atom is 0.260 e. The minimum Gasteiger partial charge on any atom is -0.484 e. The number of benzene rings is 2. The summed E-state index contributed by atoms with van der Waals surface area (Å²) >= 11 is 0. The van der Waals surface area contributed by atoms with Gasteiger partial charge in [0.05, 0.1) is 0 Å². The van der Waals surface area contributed by atoms with Crippen molar-refractivity contribution in [1.29, 1.82) is 0 Å². The van der Waals surface area contributed by atoms with Gasteiger partial charge in [0, 0.05) is 26.2 Å². The lowest BCUT2D eigenvalue weighted by atomic mass is 10.1. The monoisotopic (exact) mass is 410 g/mol. The van der Waals surface area contributed by atoms with Crippen LogP contribution in [0.5, 0.6) is 11.5 Å². The molecule has 0 aromatic heterocycles. The van der Waals surface area contributed by atoms with Crippen LogP contribution in [0.3, 0.4) is 0 Å². The number of carbonyl (C=O) groups excluding carboxylic acids is 2.